The summed E-state index contributed by atoms with van der Waals surface area (Å²) < 4.78 is 29.3. The number of benzene rings is 2. The summed E-state index contributed by atoms with van der Waals surface area (Å²) >= 11 is 3.30. The van der Waals surface area contributed by atoms with Crippen molar-refractivity contribution in [3.63, 3.8) is 0 Å². The second-order valence-corrected chi connectivity index (χ2v) is 9.75. The fourth-order valence-electron chi connectivity index (χ4n) is 3.26. The number of halogens is 2. The Morgan fingerprint density at radius 3 is 2.24 bits per heavy atom. The molecule has 206 valence electrons. The molecule has 0 aliphatic carbocycles. The van der Waals surface area contributed by atoms with Crippen molar-refractivity contribution in [1.82, 2.24) is 10.6 Å². The van der Waals surface area contributed by atoms with Gasteiger partial charge in [0, 0.05) is 6.07 Å². The van der Waals surface area contributed by atoms with E-state index in [2.05, 4.69) is 31.3 Å². The van der Waals surface area contributed by atoms with Crippen LogP contribution in [0, 0.1) is 15.9 Å². The Labute approximate surface area is 225 Å². The number of ether oxygens (including phenoxy) is 3. The number of hydrogen-bond donors (Lipinski definition) is 3. The smallest absolute Gasteiger partial charge is 0.408 e. The molecule has 2 aromatic carbocycles. The second-order valence-electron chi connectivity index (χ2n) is 8.90. The first-order valence-corrected chi connectivity index (χ1v) is 11.8. The highest BCUT2D eigenvalue weighted by molar-refractivity contribution is 9.10. The lowest BCUT2D eigenvalue weighted by atomic mass is 10.00. The van der Waals surface area contributed by atoms with Crippen LogP contribution in [0.15, 0.2) is 40.9 Å². The van der Waals surface area contributed by atoms with Gasteiger partial charge in [-0.15, -0.1) is 0 Å². The van der Waals surface area contributed by atoms with Crippen molar-refractivity contribution in [3.8, 4) is 5.75 Å². The maximum atomic E-state index is 13.8. The van der Waals surface area contributed by atoms with Gasteiger partial charge in [0.05, 0.1) is 23.6 Å². The zero-order valence-corrected chi connectivity index (χ0v) is 22.7. The topological polar surface area (TPSA) is 166 Å². The fourth-order valence-corrected chi connectivity index (χ4v) is 3.82. The van der Waals surface area contributed by atoms with Crippen molar-refractivity contribution in [3.05, 3.63) is 67.9 Å². The van der Waals surface area contributed by atoms with Crippen LogP contribution >= 0.6 is 15.9 Å². The minimum absolute atomic E-state index is 0.238. The van der Waals surface area contributed by atoms with Crippen molar-refractivity contribution < 1.29 is 43.0 Å². The van der Waals surface area contributed by atoms with Gasteiger partial charge in [-0.05, 0) is 66.0 Å². The van der Waals surface area contributed by atoms with E-state index in [1.54, 1.807) is 20.8 Å². The fraction of sp³-hybridized carbons (Fsp3) is 0.375. The number of rotatable bonds is 9. The van der Waals surface area contributed by atoms with Gasteiger partial charge in [-0.3, -0.25) is 14.9 Å². The van der Waals surface area contributed by atoms with Crippen molar-refractivity contribution >= 4 is 39.6 Å². The maximum absolute atomic E-state index is 13.8. The number of carbonyl (C=O) groups excluding carboxylic acids is 3. The summed E-state index contributed by atoms with van der Waals surface area (Å²) in [5, 5.41) is 26.7. The van der Waals surface area contributed by atoms with E-state index in [1.807, 2.05) is 0 Å². The lowest BCUT2D eigenvalue weighted by Gasteiger charge is -2.27. The molecule has 0 fully saturated rings. The Morgan fingerprint density at radius 2 is 1.71 bits per heavy atom. The zero-order chi connectivity index (χ0) is 28.8. The molecule has 12 nitrogen and oxygen atoms in total. The minimum atomic E-state index is -1.88. The van der Waals surface area contributed by atoms with Gasteiger partial charge in [-0.1, -0.05) is 12.1 Å². The van der Waals surface area contributed by atoms with Crippen LogP contribution in [0.25, 0.3) is 0 Å². The van der Waals surface area contributed by atoms with Gasteiger partial charge in [0.25, 0.3) is 0 Å². The molecule has 3 N–H and O–H groups in total. The highest BCUT2D eigenvalue weighted by Gasteiger charge is 2.35. The molecule has 0 spiro atoms. The van der Waals surface area contributed by atoms with Crippen LogP contribution in [0.4, 0.5) is 14.9 Å². The molecule has 2 amide bonds. The number of nitrogens with zero attached hydrogens (tertiary/aromatic N) is 1. The van der Waals surface area contributed by atoms with Crippen molar-refractivity contribution in [2.45, 2.75) is 44.6 Å². The average molecular weight is 600 g/mol. The van der Waals surface area contributed by atoms with Gasteiger partial charge >= 0.3 is 17.7 Å². The number of aliphatic hydroxyl groups excluding tert-OH is 1. The predicted octanol–water partition coefficient (Wildman–Crippen LogP) is 3.46. The van der Waals surface area contributed by atoms with E-state index in [0.717, 1.165) is 25.3 Å². The lowest BCUT2D eigenvalue weighted by Crippen LogP contribution is -2.50. The summed E-state index contributed by atoms with van der Waals surface area (Å²) in [6, 6.07) is 3.78. The van der Waals surface area contributed by atoms with E-state index in [-0.39, 0.29) is 11.1 Å². The summed E-state index contributed by atoms with van der Waals surface area (Å²) in [5.74, 6) is -2.79. The molecule has 2 rings (SSSR count). The summed E-state index contributed by atoms with van der Waals surface area (Å²) in [5.41, 5.74) is -1.83. The van der Waals surface area contributed by atoms with E-state index < -0.39 is 58.2 Å². The molecule has 0 aliphatic heterocycles. The van der Waals surface area contributed by atoms with Crippen LogP contribution in [0.2, 0.25) is 0 Å². The molecule has 14 heteroatoms. The molecule has 0 aliphatic rings. The Balaban J connectivity index is 2.46. The number of nitrogens with one attached hydrogen (secondary N) is 2. The average Bonchev–Trinajstić information content (AvgIpc) is 2.83. The van der Waals surface area contributed by atoms with Gasteiger partial charge in [0.2, 0.25) is 11.7 Å². The summed E-state index contributed by atoms with van der Waals surface area (Å²) in [7, 11) is 2.43. The minimum Gasteiger partial charge on any atom is -0.496 e. The predicted molar refractivity (Wildman–Crippen MR) is 135 cm³/mol. The Morgan fingerprint density at radius 1 is 1.08 bits per heavy atom. The van der Waals surface area contributed by atoms with E-state index in [9.17, 15) is 34.0 Å². The van der Waals surface area contributed by atoms with Crippen LogP contribution in [0.1, 0.15) is 44.0 Å². The number of hydrogen-bond acceptors (Lipinski definition) is 9. The maximum Gasteiger partial charge on any atom is 0.408 e. The molecular weight excluding hydrogens is 573 g/mol. The molecular formula is C24H27BrFN3O9. The lowest BCUT2D eigenvalue weighted by molar-refractivity contribution is -0.387. The standard InChI is InChI=1S/C24H27BrFN3O9/c1-24(2,3)38-23(33)28-18(12-7-9-17(36-4)14(25)10-12)21(31)27-19(22(32)37-5)20(30)13-6-8-15(26)16(11-13)29(34)35/h6-11,18-20,30H,1-5H3,(H,27,31)(H,28,33)/t18-,19+,20-/m1/s1. The van der Waals surface area contributed by atoms with Gasteiger partial charge in [-0.25, -0.2) is 9.59 Å². The van der Waals surface area contributed by atoms with Gasteiger partial charge in [-0.2, -0.15) is 4.39 Å². The Bertz CT molecular complexity index is 1220. The first-order valence-electron chi connectivity index (χ1n) is 11.0. The first kappa shape index (κ1) is 30.4. The third-order valence-corrected chi connectivity index (χ3v) is 5.63. The molecule has 0 aromatic heterocycles. The third kappa shape index (κ3) is 7.86. The van der Waals surface area contributed by atoms with Crippen LogP contribution in [-0.2, 0) is 19.1 Å². The molecule has 0 heterocycles. The first-order chi connectivity index (χ1) is 17.7. The quantitative estimate of drug-likeness (QED) is 0.222. The number of esters is 1. The number of aliphatic hydroxyl groups is 1. The molecule has 0 saturated heterocycles. The monoisotopic (exact) mass is 599 g/mol. The molecule has 0 saturated carbocycles. The van der Waals surface area contributed by atoms with E-state index >= 15 is 0 Å². The number of alkyl carbamates (subject to hydrolysis) is 1. The number of nitro groups is 1. The second kappa shape index (κ2) is 12.6. The number of amides is 2. The Hall–Kier alpha value is -3.78. The van der Waals surface area contributed by atoms with E-state index in [1.165, 1.54) is 25.3 Å². The largest absolute Gasteiger partial charge is 0.496 e. The molecule has 0 unspecified atom stereocenters. The SMILES string of the molecule is COC(=O)[C@@H](NC(=O)[C@H](NC(=O)OC(C)(C)C)c1ccc(OC)c(Br)c1)[C@H](O)c1ccc(F)c([N+](=O)[O-])c1. The number of methoxy groups -OCH3 is 2. The molecule has 0 radical (unpaired) electrons. The van der Waals surface area contributed by atoms with E-state index in [4.69, 9.17) is 9.47 Å². The van der Waals surface area contributed by atoms with Crippen molar-refractivity contribution in [2.75, 3.05) is 14.2 Å². The summed E-state index contributed by atoms with van der Waals surface area (Å²) in [6.07, 6.45) is -2.83. The molecule has 2 aromatic rings. The number of carbonyl (C=O) groups is 3. The van der Waals surface area contributed by atoms with Crippen LogP contribution in [0.3, 0.4) is 0 Å². The van der Waals surface area contributed by atoms with Crippen molar-refractivity contribution in [1.29, 1.82) is 0 Å². The highest BCUT2D eigenvalue weighted by atomic mass is 79.9. The number of nitro benzene ring substituents is 1. The molecule has 0 bridgehead atoms. The third-order valence-electron chi connectivity index (χ3n) is 5.01. The van der Waals surface area contributed by atoms with E-state index in [0.29, 0.717) is 10.2 Å². The summed E-state index contributed by atoms with van der Waals surface area (Å²) in [4.78, 5) is 48.5. The highest BCUT2D eigenvalue weighted by Crippen LogP contribution is 2.29. The summed E-state index contributed by atoms with van der Waals surface area (Å²) in [6.45, 7) is 4.87. The Kier molecular flexibility index (Phi) is 10.1. The van der Waals surface area contributed by atoms with Gasteiger partial charge in [0.1, 0.15) is 23.5 Å². The normalized spacial score (nSPS) is 13.5. The van der Waals surface area contributed by atoms with Crippen LogP contribution in [-0.4, -0.2) is 53.9 Å². The molecule has 38 heavy (non-hydrogen) atoms. The van der Waals surface area contributed by atoms with Gasteiger partial charge < -0.3 is 30.0 Å². The van der Waals surface area contributed by atoms with Crippen molar-refractivity contribution in [2.24, 2.45) is 0 Å². The van der Waals surface area contributed by atoms with Gasteiger partial charge in [0.15, 0.2) is 6.04 Å². The van der Waals surface area contributed by atoms with Crippen LogP contribution < -0.4 is 15.4 Å². The van der Waals surface area contributed by atoms with Crippen LogP contribution in [0.5, 0.6) is 5.75 Å². The molecule has 3 atom stereocenters. The zero-order valence-electron chi connectivity index (χ0n) is 21.1.